The fourth-order valence-corrected chi connectivity index (χ4v) is 13.5. The minimum atomic E-state index is -4.40. The van der Waals surface area contributed by atoms with Crippen molar-refractivity contribution in [3.05, 3.63) is 109 Å². The number of ether oxygens (including phenoxy) is 2. The zero-order valence-corrected chi connectivity index (χ0v) is 68.7. The first-order valence-electron chi connectivity index (χ1n) is 43.6. The van der Waals surface area contributed by atoms with Crippen molar-refractivity contribution in [2.75, 3.05) is 47.5 Å². The summed E-state index contributed by atoms with van der Waals surface area (Å²) in [6.07, 6.45) is 117. The molecule has 592 valence electrons. The molecule has 0 aromatic heterocycles. The third-order valence-electron chi connectivity index (χ3n) is 19.3. The van der Waals surface area contributed by atoms with Gasteiger partial charge in [-0.1, -0.05) is 425 Å². The Kier molecular flexibility index (Phi) is 79.1. The highest BCUT2D eigenvalue weighted by Gasteiger charge is 2.27. The van der Waals surface area contributed by atoms with Gasteiger partial charge in [-0.15, -0.1) is 0 Å². The third kappa shape index (κ3) is 85.6. The molecule has 0 radical (unpaired) electrons. The lowest BCUT2D eigenvalue weighted by atomic mass is 10.0. The van der Waals surface area contributed by atoms with Gasteiger partial charge < -0.3 is 18.9 Å². The van der Waals surface area contributed by atoms with Crippen LogP contribution in [0.3, 0.4) is 0 Å². The molecule has 0 aliphatic carbocycles. The SMILES string of the molecule is CC/C=C\C/C=C\C/C=C\C/C=C\C/C=C\C/C=C\C/C=C\C/C=C\C/C=C\CCCCCCCCCCCCCCCC(=O)OC(COC(=O)CCCCCCCCCCCCCCCCCCCCCCCCCCCCCCCCCCCCCCC)COP(=O)(O)OCC[N+](C)(C)C. The Bertz CT molecular complexity index is 2100. The van der Waals surface area contributed by atoms with Crippen molar-refractivity contribution in [2.45, 2.75) is 418 Å². The third-order valence-corrected chi connectivity index (χ3v) is 20.3. The van der Waals surface area contributed by atoms with Gasteiger partial charge in [-0.05, 0) is 83.5 Å². The van der Waals surface area contributed by atoms with E-state index in [1.54, 1.807) is 0 Å². The molecule has 0 saturated carbocycles. The molecule has 0 amide bonds. The molecule has 0 spiro atoms. The molecule has 2 unspecified atom stereocenters. The van der Waals surface area contributed by atoms with E-state index >= 15 is 0 Å². The lowest BCUT2D eigenvalue weighted by Gasteiger charge is -2.24. The molecule has 2 atom stereocenters. The zero-order valence-electron chi connectivity index (χ0n) is 67.8. The molecule has 0 aromatic rings. The largest absolute Gasteiger partial charge is 0.472 e. The van der Waals surface area contributed by atoms with Crippen molar-refractivity contribution in [2.24, 2.45) is 0 Å². The van der Waals surface area contributed by atoms with E-state index in [9.17, 15) is 19.0 Å². The van der Waals surface area contributed by atoms with E-state index in [-0.39, 0.29) is 25.6 Å². The molecule has 0 saturated heterocycles. The Morgan fingerprint density at radius 1 is 0.314 bits per heavy atom. The molecule has 0 aliphatic heterocycles. The Hall–Kier alpha value is -3.33. The van der Waals surface area contributed by atoms with E-state index < -0.39 is 26.5 Å². The number of esters is 2. The Labute approximate surface area is 633 Å². The number of unbranched alkanes of at least 4 members (excludes halogenated alkanes) is 49. The van der Waals surface area contributed by atoms with Gasteiger partial charge in [-0.3, -0.25) is 18.6 Å². The summed E-state index contributed by atoms with van der Waals surface area (Å²) in [5.41, 5.74) is 0. The van der Waals surface area contributed by atoms with Crippen LogP contribution in [0.5, 0.6) is 0 Å². The first kappa shape index (κ1) is 98.7. The fourth-order valence-electron chi connectivity index (χ4n) is 12.7. The van der Waals surface area contributed by atoms with Gasteiger partial charge in [0.05, 0.1) is 27.7 Å². The summed E-state index contributed by atoms with van der Waals surface area (Å²) in [6.45, 7) is 4.38. The summed E-state index contributed by atoms with van der Waals surface area (Å²) in [5.74, 6) is -0.783. The number of carbonyl (C=O) groups excluding carboxylic acids is 2. The van der Waals surface area contributed by atoms with Crippen LogP contribution in [0, 0.1) is 0 Å². The van der Waals surface area contributed by atoms with E-state index in [2.05, 4.69) is 123 Å². The van der Waals surface area contributed by atoms with Crippen molar-refractivity contribution < 1.29 is 42.1 Å². The van der Waals surface area contributed by atoms with Crippen LogP contribution >= 0.6 is 7.82 Å². The predicted molar refractivity (Wildman–Crippen MR) is 445 cm³/mol. The number of rotatable bonds is 81. The average molecular weight is 1450 g/mol. The number of carbonyl (C=O) groups is 2. The quantitative estimate of drug-likeness (QED) is 0.0211. The first-order valence-corrected chi connectivity index (χ1v) is 45.1. The number of hydrogen-bond donors (Lipinski definition) is 1. The second kappa shape index (κ2) is 81.7. The summed E-state index contributed by atoms with van der Waals surface area (Å²) >= 11 is 0. The Morgan fingerprint density at radius 2 is 0.559 bits per heavy atom. The van der Waals surface area contributed by atoms with Gasteiger partial charge in [0.2, 0.25) is 0 Å². The first-order chi connectivity index (χ1) is 50.0. The number of phosphoric ester groups is 1. The van der Waals surface area contributed by atoms with Gasteiger partial charge in [0.25, 0.3) is 0 Å². The van der Waals surface area contributed by atoms with E-state index in [1.807, 2.05) is 21.1 Å². The number of nitrogens with zero attached hydrogens (tertiary/aromatic N) is 1. The van der Waals surface area contributed by atoms with Crippen LogP contribution in [0.2, 0.25) is 0 Å². The summed E-state index contributed by atoms with van der Waals surface area (Å²) in [5, 5.41) is 0. The lowest BCUT2D eigenvalue weighted by molar-refractivity contribution is -0.870. The van der Waals surface area contributed by atoms with Gasteiger partial charge in [-0.2, -0.15) is 0 Å². The number of hydrogen-bond acceptors (Lipinski definition) is 7. The van der Waals surface area contributed by atoms with Crippen LogP contribution in [-0.4, -0.2) is 74.9 Å². The maximum atomic E-state index is 12.9. The summed E-state index contributed by atoms with van der Waals surface area (Å²) in [4.78, 5) is 36.0. The van der Waals surface area contributed by atoms with Gasteiger partial charge in [0, 0.05) is 12.8 Å². The molecular weight excluding hydrogens is 1280 g/mol. The second-order valence-corrected chi connectivity index (χ2v) is 32.0. The fraction of sp³-hybridized carbons (Fsp3) is 0.783. The molecule has 10 heteroatoms. The molecule has 102 heavy (non-hydrogen) atoms. The molecule has 0 aromatic carbocycles. The molecule has 0 fully saturated rings. The smallest absolute Gasteiger partial charge is 0.462 e. The normalized spacial score (nSPS) is 13.5. The van der Waals surface area contributed by atoms with Gasteiger partial charge in [-0.25, -0.2) is 4.57 Å². The van der Waals surface area contributed by atoms with Crippen molar-refractivity contribution in [1.82, 2.24) is 0 Å². The monoisotopic (exact) mass is 1450 g/mol. The molecule has 0 rings (SSSR count). The highest BCUT2D eigenvalue weighted by atomic mass is 31.2. The van der Waals surface area contributed by atoms with Crippen LogP contribution in [0.4, 0.5) is 0 Å². The van der Waals surface area contributed by atoms with Crippen molar-refractivity contribution in [3.63, 3.8) is 0 Å². The van der Waals surface area contributed by atoms with Crippen LogP contribution in [0.1, 0.15) is 412 Å². The van der Waals surface area contributed by atoms with E-state index in [4.69, 9.17) is 18.5 Å². The summed E-state index contributed by atoms with van der Waals surface area (Å²) in [6, 6.07) is 0. The summed E-state index contributed by atoms with van der Waals surface area (Å²) in [7, 11) is 1.49. The van der Waals surface area contributed by atoms with Gasteiger partial charge in [0.15, 0.2) is 6.10 Å². The summed E-state index contributed by atoms with van der Waals surface area (Å²) < 4.78 is 34.9. The minimum Gasteiger partial charge on any atom is -0.462 e. The van der Waals surface area contributed by atoms with E-state index in [0.29, 0.717) is 23.9 Å². The van der Waals surface area contributed by atoms with E-state index in [1.165, 1.54) is 283 Å². The number of allylic oxidation sites excluding steroid dienone is 18. The maximum Gasteiger partial charge on any atom is 0.472 e. The number of quaternary nitrogens is 1. The standard InChI is InChI=1S/C92H166NO8P/c1-6-8-10-12-14-16-18-20-22-24-26-28-30-32-34-36-38-40-42-44-45-46-47-49-51-53-55-57-59-61-63-65-67-69-71-73-75-77-79-81-83-85-92(95)101-90(89-100-102(96,97)99-87-86-93(3,4)5)88-98-91(94)84-82-80-78-76-74-72-70-68-66-64-62-60-58-56-54-52-50-48-43-41-39-37-35-33-31-29-27-25-23-21-19-17-15-13-11-9-7-2/h8,10,14,16,20,22,26,28,32,34,38,40,44-45,47,49,53,55,90H,6-7,9,11-13,15,17-19,21,23-25,27,29-31,33,35-37,39,41-43,46,48,50-52,54,56-89H2,1-5H3/p+1/b10-8-,16-14-,22-20-,28-26-,34-32-,40-38-,45-44-,49-47-,55-53-. The van der Waals surface area contributed by atoms with Crippen LogP contribution in [-0.2, 0) is 32.7 Å². The minimum absolute atomic E-state index is 0.0302. The maximum absolute atomic E-state index is 12.9. The topological polar surface area (TPSA) is 108 Å². The highest BCUT2D eigenvalue weighted by Crippen LogP contribution is 2.43. The van der Waals surface area contributed by atoms with Gasteiger partial charge in [0.1, 0.15) is 19.8 Å². The average Bonchev–Trinajstić information content (AvgIpc) is 0.916. The van der Waals surface area contributed by atoms with Crippen LogP contribution in [0.25, 0.3) is 0 Å². The van der Waals surface area contributed by atoms with Gasteiger partial charge >= 0.3 is 19.8 Å². The Morgan fingerprint density at radius 3 is 0.833 bits per heavy atom. The van der Waals surface area contributed by atoms with Crippen molar-refractivity contribution >= 4 is 19.8 Å². The number of likely N-dealkylation sites (N-methyl/N-ethyl adjacent to an activating group) is 1. The van der Waals surface area contributed by atoms with E-state index in [0.717, 1.165) is 96.3 Å². The number of phosphoric acid groups is 1. The molecule has 0 aliphatic rings. The predicted octanol–water partition coefficient (Wildman–Crippen LogP) is 29.5. The van der Waals surface area contributed by atoms with Crippen molar-refractivity contribution in [3.8, 4) is 0 Å². The van der Waals surface area contributed by atoms with Crippen molar-refractivity contribution in [1.29, 1.82) is 0 Å². The lowest BCUT2D eigenvalue weighted by Crippen LogP contribution is -2.37. The molecular formula is C92H167NO8P+. The molecule has 0 heterocycles. The Balaban J connectivity index is 3.93. The molecule has 0 bridgehead atoms. The zero-order chi connectivity index (χ0) is 74.0. The molecule has 1 N–H and O–H groups in total. The second-order valence-electron chi connectivity index (χ2n) is 30.6. The van der Waals surface area contributed by atoms with Crippen LogP contribution in [0.15, 0.2) is 109 Å². The molecule has 9 nitrogen and oxygen atoms in total. The highest BCUT2D eigenvalue weighted by molar-refractivity contribution is 7.47. The van der Waals surface area contributed by atoms with Crippen LogP contribution < -0.4 is 0 Å².